The van der Waals surface area contributed by atoms with E-state index in [0.717, 1.165) is 24.0 Å². The molecular weight excluding hydrogens is 222 g/mol. The van der Waals surface area contributed by atoms with Gasteiger partial charge in [0.25, 0.3) is 0 Å². The van der Waals surface area contributed by atoms with Gasteiger partial charge in [-0.3, -0.25) is 5.10 Å². The van der Waals surface area contributed by atoms with E-state index in [0.29, 0.717) is 11.1 Å². The van der Waals surface area contributed by atoms with Crippen LogP contribution < -0.4 is 5.32 Å². The second kappa shape index (κ2) is 4.07. The summed E-state index contributed by atoms with van der Waals surface area (Å²) < 4.78 is 0. The Morgan fingerprint density at radius 3 is 3.12 bits per heavy atom. The van der Waals surface area contributed by atoms with E-state index < -0.39 is 0 Å². The van der Waals surface area contributed by atoms with Gasteiger partial charge in [0.1, 0.15) is 5.15 Å². The van der Waals surface area contributed by atoms with Gasteiger partial charge in [0.15, 0.2) is 0 Å². The highest BCUT2D eigenvalue weighted by molar-refractivity contribution is 6.34. The molecule has 2 heterocycles. The summed E-state index contributed by atoms with van der Waals surface area (Å²) in [6.45, 7) is 2.18. The summed E-state index contributed by atoms with van der Waals surface area (Å²) in [7, 11) is 0. The fourth-order valence-electron chi connectivity index (χ4n) is 2.48. The molecule has 1 aromatic carbocycles. The van der Waals surface area contributed by atoms with Gasteiger partial charge in [0.2, 0.25) is 0 Å². The summed E-state index contributed by atoms with van der Waals surface area (Å²) in [5.41, 5.74) is 2.34. The first-order chi connectivity index (χ1) is 7.86. The molecule has 0 amide bonds. The summed E-state index contributed by atoms with van der Waals surface area (Å²) in [4.78, 5) is 0. The number of aromatic amines is 1. The van der Waals surface area contributed by atoms with E-state index >= 15 is 0 Å². The molecule has 0 bridgehead atoms. The van der Waals surface area contributed by atoms with Crippen molar-refractivity contribution in [3.8, 4) is 0 Å². The third-order valence-electron chi connectivity index (χ3n) is 3.31. The Morgan fingerprint density at radius 2 is 2.31 bits per heavy atom. The minimum Gasteiger partial charge on any atom is -0.316 e. The van der Waals surface area contributed by atoms with Crippen molar-refractivity contribution >= 4 is 22.5 Å². The van der Waals surface area contributed by atoms with Crippen molar-refractivity contribution in [1.82, 2.24) is 15.5 Å². The predicted octanol–water partition coefficient (Wildman–Crippen LogP) is 2.68. The predicted molar refractivity (Wildman–Crippen MR) is 65.9 cm³/mol. The molecule has 3 rings (SSSR count). The van der Waals surface area contributed by atoms with Crippen LogP contribution in [-0.2, 0) is 0 Å². The largest absolute Gasteiger partial charge is 0.316 e. The third kappa shape index (κ3) is 1.60. The summed E-state index contributed by atoms with van der Waals surface area (Å²) in [6.07, 6.45) is 2.47. The topological polar surface area (TPSA) is 40.7 Å². The van der Waals surface area contributed by atoms with Crippen LogP contribution in [0.4, 0.5) is 0 Å². The Labute approximate surface area is 99.2 Å². The molecule has 1 unspecified atom stereocenters. The summed E-state index contributed by atoms with van der Waals surface area (Å²) in [6, 6.07) is 6.24. The SMILES string of the molecule is Clc1[nH]nc2c(C3CCCNC3)cccc12. The number of hydrogen-bond acceptors (Lipinski definition) is 2. The number of H-pyrrole nitrogens is 1. The van der Waals surface area contributed by atoms with Crippen LogP contribution in [0.25, 0.3) is 10.9 Å². The van der Waals surface area contributed by atoms with Crippen LogP contribution >= 0.6 is 11.6 Å². The van der Waals surface area contributed by atoms with Gasteiger partial charge in [0, 0.05) is 11.9 Å². The molecule has 1 aliphatic heterocycles. The van der Waals surface area contributed by atoms with Crippen molar-refractivity contribution in [3.05, 3.63) is 28.9 Å². The first-order valence-electron chi connectivity index (χ1n) is 5.69. The van der Waals surface area contributed by atoms with Gasteiger partial charge in [-0.15, -0.1) is 0 Å². The summed E-state index contributed by atoms with van der Waals surface area (Å²) in [5, 5.41) is 12.3. The molecule has 1 saturated heterocycles. The highest BCUT2D eigenvalue weighted by Gasteiger charge is 2.19. The van der Waals surface area contributed by atoms with Crippen LogP contribution in [-0.4, -0.2) is 23.3 Å². The zero-order valence-corrected chi connectivity index (χ0v) is 9.72. The molecule has 2 N–H and O–H groups in total. The Hall–Kier alpha value is -1.06. The third-order valence-corrected chi connectivity index (χ3v) is 3.59. The Morgan fingerprint density at radius 1 is 1.38 bits per heavy atom. The number of halogens is 1. The van der Waals surface area contributed by atoms with E-state index in [1.807, 2.05) is 6.07 Å². The van der Waals surface area contributed by atoms with Crippen LogP contribution in [0, 0.1) is 0 Å². The molecule has 0 spiro atoms. The van der Waals surface area contributed by atoms with Gasteiger partial charge in [-0.25, -0.2) is 0 Å². The van der Waals surface area contributed by atoms with E-state index in [1.165, 1.54) is 18.4 Å². The van der Waals surface area contributed by atoms with Gasteiger partial charge in [-0.1, -0.05) is 23.7 Å². The van der Waals surface area contributed by atoms with Crippen molar-refractivity contribution in [2.75, 3.05) is 13.1 Å². The molecule has 1 fully saturated rings. The molecule has 0 aliphatic carbocycles. The molecular formula is C12H14ClN3. The second-order valence-corrected chi connectivity index (χ2v) is 4.70. The van der Waals surface area contributed by atoms with Crippen molar-refractivity contribution in [2.45, 2.75) is 18.8 Å². The van der Waals surface area contributed by atoms with Gasteiger partial charge in [0.05, 0.1) is 5.52 Å². The van der Waals surface area contributed by atoms with E-state index in [1.54, 1.807) is 0 Å². The lowest BCUT2D eigenvalue weighted by Gasteiger charge is -2.23. The first kappa shape index (κ1) is 10.1. The average Bonchev–Trinajstić information content (AvgIpc) is 2.73. The van der Waals surface area contributed by atoms with E-state index in [4.69, 9.17) is 11.6 Å². The van der Waals surface area contributed by atoms with Crippen molar-refractivity contribution in [2.24, 2.45) is 0 Å². The Kier molecular flexibility index (Phi) is 2.58. The first-order valence-corrected chi connectivity index (χ1v) is 6.07. The lowest BCUT2D eigenvalue weighted by molar-refractivity contribution is 0.463. The summed E-state index contributed by atoms with van der Waals surface area (Å²) >= 11 is 6.05. The van der Waals surface area contributed by atoms with Crippen LogP contribution in [0.2, 0.25) is 5.15 Å². The minimum absolute atomic E-state index is 0.566. The Balaban J connectivity index is 2.08. The van der Waals surface area contributed by atoms with E-state index in [2.05, 4.69) is 27.6 Å². The monoisotopic (exact) mass is 235 g/mol. The molecule has 0 saturated carbocycles. The lowest BCUT2D eigenvalue weighted by Crippen LogP contribution is -2.28. The maximum absolute atomic E-state index is 6.05. The van der Waals surface area contributed by atoms with Crippen molar-refractivity contribution in [1.29, 1.82) is 0 Å². The van der Waals surface area contributed by atoms with Crippen LogP contribution in [0.15, 0.2) is 18.2 Å². The van der Waals surface area contributed by atoms with Gasteiger partial charge >= 0.3 is 0 Å². The number of rotatable bonds is 1. The number of piperidine rings is 1. The summed E-state index contributed by atoms with van der Waals surface area (Å²) in [5.74, 6) is 0.566. The van der Waals surface area contributed by atoms with Crippen molar-refractivity contribution in [3.63, 3.8) is 0 Å². The van der Waals surface area contributed by atoms with Crippen LogP contribution in [0.5, 0.6) is 0 Å². The molecule has 2 aromatic rings. The quantitative estimate of drug-likeness (QED) is 0.798. The molecule has 1 atom stereocenters. The fourth-order valence-corrected chi connectivity index (χ4v) is 2.67. The molecule has 1 aromatic heterocycles. The zero-order chi connectivity index (χ0) is 11.0. The number of nitrogens with zero attached hydrogens (tertiary/aromatic N) is 1. The molecule has 3 nitrogen and oxygen atoms in total. The molecule has 84 valence electrons. The molecule has 0 radical (unpaired) electrons. The number of aromatic nitrogens is 2. The normalized spacial score (nSPS) is 21.4. The Bertz CT molecular complexity index is 500. The van der Waals surface area contributed by atoms with Gasteiger partial charge < -0.3 is 5.32 Å². The highest BCUT2D eigenvalue weighted by Crippen LogP contribution is 2.31. The maximum atomic E-state index is 6.05. The molecule has 1 aliphatic rings. The van der Waals surface area contributed by atoms with Crippen LogP contribution in [0.3, 0.4) is 0 Å². The minimum atomic E-state index is 0.566. The van der Waals surface area contributed by atoms with E-state index in [9.17, 15) is 0 Å². The number of para-hydroxylation sites is 1. The van der Waals surface area contributed by atoms with Crippen LogP contribution in [0.1, 0.15) is 24.3 Å². The molecule has 4 heteroatoms. The maximum Gasteiger partial charge on any atom is 0.132 e. The standard InChI is InChI=1S/C12H14ClN3/c13-12-10-5-1-4-9(11(10)15-16-12)8-3-2-6-14-7-8/h1,4-5,8,14H,2-3,6-7H2,(H,15,16). The van der Waals surface area contributed by atoms with Gasteiger partial charge in [-0.05, 0) is 36.9 Å². The average molecular weight is 236 g/mol. The van der Waals surface area contributed by atoms with Gasteiger partial charge in [-0.2, -0.15) is 5.10 Å². The number of hydrogen-bond donors (Lipinski definition) is 2. The smallest absolute Gasteiger partial charge is 0.132 e. The lowest BCUT2D eigenvalue weighted by atomic mass is 9.90. The fraction of sp³-hybridized carbons (Fsp3) is 0.417. The number of benzene rings is 1. The van der Waals surface area contributed by atoms with Crippen molar-refractivity contribution < 1.29 is 0 Å². The number of nitrogens with one attached hydrogen (secondary N) is 2. The zero-order valence-electron chi connectivity index (χ0n) is 8.96. The number of fused-ring (bicyclic) bond motifs is 1. The van der Waals surface area contributed by atoms with E-state index in [-0.39, 0.29) is 0 Å². The molecule has 16 heavy (non-hydrogen) atoms. The second-order valence-electron chi connectivity index (χ2n) is 4.32. The highest BCUT2D eigenvalue weighted by atomic mass is 35.5.